The molecule has 33 heavy (non-hydrogen) atoms. The third kappa shape index (κ3) is 3.13. The first-order valence-corrected chi connectivity index (χ1v) is 11.4. The average molecular weight is 445 g/mol. The van der Waals surface area contributed by atoms with Crippen molar-refractivity contribution in [1.29, 1.82) is 0 Å². The second-order valence-electron chi connectivity index (χ2n) is 8.86. The Hall–Kier alpha value is -3.62. The first-order chi connectivity index (χ1) is 16.1. The van der Waals surface area contributed by atoms with Gasteiger partial charge in [0.15, 0.2) is 11.6 Å². The minimum atomic E-state index is -0.280. The van der Waals surface area contributed by atoms with Crippen LogP contribution in [0.15, 0.2) is 42.9 Å². The van der Waals surface area contributed by atoms with Crippen LogP contribution in [0.1, 0.15) is 50.8 Å². The fourth-order valence-corrected chi connectivity index (χ4v) is 4.92. The number of hydrogen-bond acceptors (Lipinski definition) is 6. The molecular formula is C24H25FN8. The van der Waals surface area contributed by atoms with Crippen molar-refractivity contribution in [1.82, 2.24) is 34.3 Å². The van der Waals surface area contributed by atoms with E-state index in [9.17, 15) is 4.39 Å². The Morgan fingerprint density at radius 3 is 2.64 bits per heavy atom. The fourth-order valence-electron chi connectivity index (χ4n) is 4.92. The predicted molar refractivity (Wildman–Crippen MR) is 122 cm³/mol. The van der Waals surface area contributed by atoms with Crippen molar-refractivity contribution in [3.05, 3.63) is 60.3 Å². The molecule has 2 unspecified atom stereocenters. The van der Waals surface area contributed by atoms with E-state index in [0.717, 1.165) is 35.1 Å². The Morgan fingerprint density at radius 2 is 1.91 bits per heavy atom. The Kier molecular flexibility index (Phi) is 4.53. The van der Waals surface area contributed by atoms with Crippen molar-refractivity contribution in [3.63, 3.8) is 0 Å². The molecule has 3 aromatic heterocycles. The van der Waals surface area contributed by atoms with Gasteiger partial charge in [0.2, 0.25) is 5.95 Å². The van der Waals surface area contributed by atoms with Crippen LogP contribution >= 0.6 is 0 Å². The molecule has 6 rings (SSSR count). The van der Waals surface area contributed by atoms with Gasteiger partial charge in [-0.25, -0.2) is 14.4 Å². The van der Waals surface area contributed by atoms with Crippen LogP contribution in [0.25, 0.3) is 23.0 Å². The number of nitrogens with zero attached hydrogens (tertiary/aromatic N) is 8. The summed E-state index contributed by atoms with van der Waals surface area (Å²) < 4.78 is 17.4. The summed E-state index contributed by atoms with van der Waals surface area (Å²) in [6, 6.07) is 6.73. The van der Waals surface area contributed by atoms with Gasteiger partial charge in [0, 0.05) is 24.0 Å². The van der Waals surface area contributed by atoms with E-state index in [1.54, 1.807) is 18.3 Å². The van der Waals surface area contributed by atoms with Gasteiger partial charge in [-0.1, -0.05) is 6.92 Å². The highest BCUT2D eigenvalue weighted by Crippen LogP contribution is 2.45. The molecule has 2 aliphatic rings. The van der Waals surface area contributed by atoms with Gasteiger partial charge in [-0.05, 0) is 63.3 Å². The molecule has 168 valence electrons. The predicted octanol–water partition coefficient (Wildman–Crippen LogP) is 4.43. The third-order valence-electron chi connectivity index (χ3n) is 6.79. The van der Waals surface area contributed by atoms with E-state index in [2.05, 4.69) is 38.5 Å². The van der Waals surface area contributed by atoms with E-state index >= 15 is 0 Å². The summed E-state index contributed by atoms with van der Waals surface area (Å²) in [6.45, 7) is 6.43. The number of rotatable bonds is 5. The molecule has 1 fully saturated rings. The molecule has 0 bridgehead atoms. The lowest BCUT2D eigenvalue weighted by atomic mass is 10.0. The molecular weight excluding hydrogens is 419 g/mol. The van der Waals surface area contributed by atoms with Crippen molar-refractivity contribution in [3.8, 4) is 23.0 Å². The largest absolute Gasteiger partial charge is 0.341 e. The monoisotopic (exact) mass is 444 g/mol. The van der Waals surface area contributed by atoms with Gasteiger partial charge in [0.1, 0.15) is 23.2 Å². The molecule has 1 aromatic carbocycles. The highest BCUT2D eigenvalue weighted by molar-refractivity contribution is 5.64. The number of fused-ring (bicyclic) bond motifs is 3. The topological polar surface area (TPSA) is 77.5 Å². The van der Waals surface area contributed by atoms with Gasteiger partial charge in [-0.3, -0.25) is 9.13 Å². The van der Waals surface area contributed by atoms with Crippen LogP contribution in [0.4, 0.5) is 10.2 Å². The molecule has 9 heteroatoms. The molecule has 1 saturated carbocycles. The molecule has 0 radical (unpaired) electrons. The normalized spacial score (nSPS) is 18.2. The summed E-state index contributed by atoms with van der Waals surface area (Å²) in [5, 5.41) is 8.89. The Balaban J connectivity index is 1.52. The van der Waals surface area contributed by atoms with Crippen molar-refractivity contribution in [2.24, 2.45) is 5.92 Å². The molecule has 0 saturated heterocycles. The summed E-state index contributed by atoms with van der Waals surface area (Å²) in [5.41, 5.74) is 1.70. The fraction of sp³-hybridized carbons (Fsp3) is 0.375. The molecule has 8 nitrogen and oxygen atoms in total. The van der Waals surface area contributed by atoms with Crippen LogP contribution in [0.2, 0.25) is 0 Å². The van der Waals surface area contributed by atoms with Gasteiger partial charge in [-0.2, -0.15) is 4.98 Å². The van der Waals surface area contributed by atoms with E-state index in [1.165, 1.54) is 25.0 Å². The zero-order valence-corrected chi connectivity index (χ0v) is 18.9. The van der Waals surface area contributed by atoms with Gasteiger partial charge in [-0.15, -0.1) is 10.2 Å². The van der Waals surface area contributed by atoms with Crippen molar-refractivity contribution in [2.75, 3.05) is 4.90 Å². The molecule has 1 aliphatic carbocycles. The molecule has 0 amide bonds. The third-order valence-corrected chi connectivity index (χ3v) is 6.79. The van der Waals surface area contributed by atoms with E-state index in [0.29, 0.717) is 23.7 Å². The molecule has 0 N–H and O–H groups in total. The van der Waals surface area contributed by atoms with Gasteiger partial charge >= 0.3 is 0 Å². The van der Waals surface area contributed by atoms with Crippen LogP contribution in [-0.2, 0) is 0 Å². The summed E-state index contributed by atoms with van der Waals surface area (Å²) in [6.07, 6.45) is 8.78. The maximum atomic E-state index is 13.5. The minimum Gasteiger partial charge on any atom is -0.341 e. The van der Waals surface area contributed by atoms with Gasteiger partial charge < -0.3 is 4.90 Å². The Bertz CT molecular complexity index is 1320. The zero-order chi connectivity index (χ0) is 22.7. The van der Waals surface area contributed by atoms with Gasteiger partial charge in [0.25, 0.3) is 0 Å². The van der Waals surface area contributed by atoms with Crippen LogP contribution in [0.5, 0.6) is 0 Å². The lowest BCUT2D eigenvalue weighted by Gasteiger charge is -2.41. The zero-order valence-electron chi connectivity index (χ0n) is 18.9. The van der Waals surface area contributed by atoms with Crippen LogP contribution in [-0.4, -0.2) is 40.3 Å². The smallest absolute Gasteiger partial charge is 0.237 e. The number of benzene rings is 1. The molecule has 4 heterocycles. The molecule has 1 aliphatic heterocycles. The maximum Gasteiger partial charge on any atom is 0.237 e. The number of halogens is 1. The second kappa shape index (κ2) is 7.47. The van der Waals surface area contributed by atoms with E-state index < -0.39 is 0 Å². The lowest BCUT2D eigenvalue weighted by molar-refractivity contribution is 0.453. The summed E-state index contributed by atoms with van der Waals surface area (Å²) >= 11 is 0. The number of aromatic nitrogens is 7. The highest BCUT2D eigenvalue weighted by atomic mass is 19.1. The first-order valence-electron chi connectivity index (χ1n) is 11.4. The highest BCUT2D eigenvalue weighted by Gasteiger charge is 2.42. The van der Waals surface area contributed by atoms with E-state index in [-0.39, 0.29) is 11.9 Å². The van der Waals surface area contributed by atoms with Crippen molar-refractivity contribution >= 4 is 5.82 Å². The van der Waals surface area contributed by atoms with Crippen LogP contribution in [0, 0.1) is 18.7 Å². The van der Waals surface area contributed by atoms with E-state index in [1.807, 2.05) is 23.9 Å². The van der Waals surface area contributed by atoms with E-state index in [4.69, 9.17) is 9.97 Å². The number of aryl methyl sites for hydroxylation is 1. The molecule has 0 spiro atoms. The molecule has 4 aromatic rings. The Morgan fingerprint density at radius 1 is 1.12 bits per heavy atom. The van der Waals surface area contributed by atoms with Crippen molar-refractivity contribution < 1.29 is 4.39 Å². The quantitative estimate of drug-likeness (QED) is 0.453. The summed E-state index contributed by atoms with van der Waals surface area (Å²) in [7, 11) is 0. The summed E-state index contributed by atoms with van der Waals surface area (Å²) in [5.74, 6) is 4.24. The Labute approximate surface area is 191 Å². The van der Waals surface area contributed by atoms with Crippen LogP contribution in [0.3, 0.4) is 0 Å². The SMILES string of the molecule is CCC1c2nnc(C)n2-c2cnc(-n3ccnc3-c3ccc(F)cc3)nc2N1C(C)C1CC1. The van der Waals surface area contributed by atoms with Crippen LogP contribution < -0.4 is 4.90 Å². The second-order valence-corrected chi connectivity index (χ2v) is 8.86. The molecule has 2 atom stereocenters. The average Bonchev–Trinajstić information content (AvgIpc) is 3.45. The van der Waals surface area contributed by atoms with Gasteiger partial charge in [0.05, 0.1) is 12.2 Å². The minimum absolute atomic E-state index is 0.0939. The lowest BCUT2D eigenvalue weighted by Crippen LogP contribution is -2.43. The number of anilines is 1. The number of hydrogen-bond donors (Lipinski definition) is 0. The van der Waals surface area contributed by atoms with Crippen molar-refractivity contribution in [2.45, 2.75) is 52.1 Å². The standard InChI is InChI=1S/C24H25FN8/c1-4-19-23-30-29-15(3)33(23)20-13-27-24(28-22(20)32(19)14(2)16-5-6-16)31-12-11-26-21(31)17-7-9-18(25)10-8-17/h7-14,16,19H,4-6H2,1-3H3. The number of imidazole rings is 1. The summed E-state index contributed by atoms with van der Waals surface area (Å²) in [4.78, 5) is 16.7. The first kappa shape index (κ1) is 20.0. The maximum absolute atomic E-state index is 13.5.